The minimum Gasteiger partial charge on any atom is -0.381 e. The number of hydrogen-bond acceptors (Lipinski definition) is 4. The summed E-state index contributed by atoms with van der Waals surface area (Å²) < 4.78 is 5.38. The third-order valence-electron chi connectivity index (χ3n) is 3.64. The van der Waals surface area contributed by atoms with Crippen molar-refractivity contribution < 1.29 is 9.53 Å². The fourth-order valence-corrected chi connectivity index (χ4v) is 2.57. The molecule has 1 unspecified atom stereocenters. The molecule has 2 N–H and O–H groups in total. The van der Waals surface area contributed by atoms with Crippen LogP contribution in [-0.2, 0) is 9.53 Å². The number of ether oxygens (including phenoxy) is 1. The average molecular weight is 241 g/mol. The van der Waals surface area contributed by atoms with Crippen LogP contribution in [0.3, 0.4) is 0 Å². The number of nitrogens with zero attached hydrogens (tertiary/aromatic N) is 2. The number of amides is 1. The molecule has 0 radical (unpaired) electrons. The Labute approximate surface area is 103 Å². The van der Waals surface area contributed by atoms with Crippen LogP contribution in [0.1, 0.15) is 12.8 Å². The number of carbonyl (C=O) groups excluding carboxylic acids is 1. The molecule has 5 heteroatoms. The lowest BCUT2D eigenvalue weighted by Crippen LogP contribution is -2.52. The summed E-state index contributed by atoms with van der Waals surface area (Å²) in [5.41, 5.74) is 5.53. The summed E-state index contributed by atoms with van der Waals surface area (Å²) in [6.07, 6.45) is 2.01. The van der Waals surface area contributed by atoms with Gasteiger partial charge in [0.25, 0.3) is 0 Å². The van der Waals surface area contributed by atoms with E-state index in [2.05, 4.69) is 4.90 Å². The second-order valence-electron chi connectivity index (χ2n) is 4.87. The topological polar surface area (TPSA) is 58.8 Å². The standard InChI is InChI=1S/C12H23N3O2/c13-3-4-14-5-7-15(8-6-14)12(16)11-2-1-9-17-10-11/h11H,1-10,13H2. The van der Waals surface area contributed by atoms with Crippen LogP contribution in [0, 0.1) is 5.92 Å². The summed E-state index contributed by atoms with van der Waals surface area (Å²) in [4.78, 5) is 16.5. The third-order valence-corrected chi connectivity index (χ3v) is 3.64. The first kappa shape index (κ1) is 12.8. The summed E-state index contributed by atoms with van der Waals surface area (Å²) in [6.45, 7) is 6.66. The number of piperazine rings is 1. The van der Waals surface area contributed by atoms with E-state index in [1.54, 1.807) is 0 Å². The van der Waals surface area contributed by atoms with Gasteiger partial charge in [-0.2, -0.15) is 0 Å². The molecule has 2 aliphatic rings. The molecule has 2 aliphatic heterocycles. The van der Waals surface area contributed by atoms with Gasteiger partial charge in [-0.05, 0) is 12.8 Å². The molecule has 0 bridgehead atoms. The zero-order chi connectivity index (χ0) is 12.1. The van der Waals surface area contributed by atoms with Gasteiger partial charge in [-0.3, -0.25) is 9.69 Å². The van der Waals surface area contributed by atoms with E-state index in [9.17, 15) is 4.79 Å². The van der Waals surface area contributed by atoms with E-state index in [1.807, 2.05) is 4.90 Å². The Bertz CT molecular complexity index is 246. The smallest absolute Gasteiger partial charge is 0.228 e. The summed E-state index contributed by atoms with van der Waals surface area (Å²) in [7, 11) is 0. The zero-order valence-electron chi connectivity index (χ0n) is 10.4. The highest BCUT2D eigenvalue weighted by molar-refractivity contribution is 5.79. The van der Waals surface area contributed by atoms with Crippen LogP contribution in [0.5, 0.6) is 0 Å². The molecule has 2 rings (SSSR count). The van der Waals surface area contributed by atoms with Crippen molar-refractivity contribution in [1.82, 2.24) is 9.80 Å². The Morgan fingerprint density at radius 2 is 2.06 bits per heavy atom. The minimum atomic E-state index is 0.102. The van der Waals surface area contributed by atoms with Crippen LogP contribution >= 0.6 is 0 Å². The first-order valence-corrected chi connectivity index (χ1v) is 6.60. The fourth-order valence-electron chi connectivity index (χ4n) is 2.57. The first-order valence-electron chi connectivity index (χ1n) is 6.60. The van der Waals surface area contributed by atoms with E-state index in [0.717, 1.165) is 52.2 Å². The average Bonchev–Trinajstić information content (AvgIpc) is 2.40. The number of nitrogens with two attached hydrogens (primary N) is 1. The van der Waals surface area contributed by atoms with Crippen LogP contribution < -0.4 is 5.73 Å². The molecule has 0 aliphatic carbocycles. The Morgan fingerprint density at radius 1 is 1.29 bits per heavy atom. The molecular weight excluding hydrogens is 218 g/mol. The molecule has 1 atom stereocenters. The van der Waals surface area contributed by atoms with E-state index in [-0.39, 0.29) is 11.8 Å². The predicted molar refractivity (Wildman–Crippen MR) is 65.6 cm³/mol. The van der Waals surface area contributed by atoms with Crippen molar-refractivity contribution in [3.63, 3.8) is 0 Å². The van der Waals surface area contributed by atoms with E-state index in [1.165, 1.54) is 0 Å². The number of hydrogen-bond donors (Lipinski definition) is 1. The highest BCUT2D eigenvalue weighted by atomic mass is 16.5. The second kappa shape index (κ2) is 6.33. The lowest BCUT2D eigenvalue weighted by Gasteiger charge is -2.36. The van der Waals surface area contributed by atoms with Gasteiger partial charge in [0.15, 0.2) is 0 Å². The highest BCUT2D eigenvalue weighted by Crippen LogP contribution is 2.17. The van der Waals surface area contributed by atoms with E-state index < -0.39 is 0 Å². The molecule has 5 nitrogen and oxygen atoms in total. The summed E-state index contributed by atoms with van der Waals surface area (Å²) >= 11 is 0. The summed E-state index contributed by atoms with van der Waals surface area (Å²) in [6, 6.07) is 0. The van der Waals surface area contributed by atoms with Crippen molar-refractivity contribution in [3.8, 4) is 0 Å². The van der Waals surface area contributed by atoms with E-state index in [0.29, 0.717) is 13.2 Å². The molecule has 98 valence electrons. The van der Waals surface area contributed by atoms with Gasteiger partial charge in [0.1, 0.15) is 0 Å². The van der Waals surface area contributed by atoms with Crippen molar-refractivity contribution in [2.24, 2.45) is 11.7 Å². The van der Waals surface area contributed by atoms with Crippen molar-refractivity contribution in [3.05, 3.63) is 0 Å². The van der Waals surface area contributed by atoms with Gasteiger partial charge < -0.3 is 15.4 Å². The molecular formula is C12H23N3O2. The molecule has 2 heterocycles. The third kappa shape index (κ3) is 3.40. The van der Waals surface area contributed by atoms with Gasteiger partial charge in [-0.25, -0.2) is 0 Å². The van der Waals surface area contributed by atoms with Crippen molar-refractivity contribution in [2.75, 3.05) is 52.5 Å². The molecule has 2 fully saturated rings. The number of rotatable bonds is 3. The largest absolute Gasteiger partial charge is 0.381 e. The molecule has 17 heavy (non-hydrogen) atoms. The van der Waals surface area contributed by atoms with Crippen LogP contribution in [-0.4, -0.2) is 68.2 Å². The Morgan fingerprint density at radius 3 is 2.65 bits per heavy atom. The maximum absolute atomic E-state index is 12.2. The second-order valence-corrected chi connectivity index (χ2v) is 4.87. The van der Waals surface area contributed by atoms with Crippen LogP contribution in [0.2, 0.25) is 0 Å². The van der Waals surface area contributed by atoms with Crippen LogP contribution in [0.25, 0.3) is 0 Å². The maximum Gasteiger partial charge on any atom is 0.228 e. The molecule has 0 aromatic heterocycles. The Balaban J connectivity index is 1.77. The molecule has 0 spiro atoms. The quantitative estimate of drug-likeness (QED) is 0.725. The number of carbonyl (C=O) groups is 1. The molecule has 0 aromatic carbocycles. The lowest BCUT2D eigenvalue weighted by atomic mass is 10.0. The Hall–Kier alpha value is -0.650. The summed E-state index contributed by atoms with van der Waals surface area (Å²) in [5, 5.41) is 0. The summed E-state index contributed by atoms with van der Waals surface area (Å²) in [5.74, 6) is 0.391. The normalized spacial score (nSPS) is 27.1. The van der Waals surface area contributed by atoms with E-state index in [4.69, 9.17) is 10.5 Å². The molecule has 1 amide bonds. The lowest BCUT2D eigenvalue weighted by molar-refractivity contribution is -0.141. The van der Waals surface area contributed by atoms with Gasteiger partial charge in [0, 0.05) is 45.9 Å². The van der Waals surface area contributed by atoms with E-state index >= 15 is 0 Å². The fraction of sp³-hybridized carbons (Fsp3) is 0.917. The van der Waals surface area contributed by atoms with Crippen molar-refractivity contribution in [2.45, 2.75) is 12.8 Å². The van der Waals surface area contributed by atoms with Crippen molar-refractivity contribution >= 4 is 5.91 Å². The molecule has 2 saturated heterocycles. The van der Waals surface area contributed by atoms with Gasteiger partial charge in [0.2, 0.25) is 5.91 Å². The zero-order valence-corrected chi connectivity index (χ0v) is 10.4. The maximum atomic E-state index is 12.2. The van der Waals surface area contributed by atoms with Gasteiger partial charge in [-0.1, -0.05) is 0 Å². The molecule has 0 saturated carbocycles. The van der Waals surface area contributed by atoms with Gasteiger partial charge in [0.05, 0.1) is 12.5 Å². The monoisotopic (exact) mass is 241 g/mol. The van der Waals surface area contributed by atoms with Crippen LogP contribution in [0.15, 0.2) is 0 Å². The van der Waals surface area contributed by atoms with Gasteiger partial charge >= 0.3 is 0 Å². The highest BCUT2D eigenvalue weighted by Gasteiger charge is 2.28. The predicted octanol–water partition coefficient (Wildman–Crippen LogP) is -0.484. The molecule has 0 aromatic rings. The van der Waals surface area contributed by atoms with Gasteiger partial charge in [-0.15, -0.1) is 0 Å². The van der Waals surface area contributed by atoms with Crippen LogP contribution in [0.4, 0.5) is 0 Å². The minimum absolute atomic E-state index is 0.102. The first-order chi connectivity index (χ1) is 8.31. The SMILES string of the molecule is NCCN1CCN(C(=O)C2CCCOC2)CC1. The Kier molecular flexibility index (Phi) is 4.76. The van der Waals surface area contributed by atoms with Crippen molar-refractivity contribution in [1.29, 1.82) is 0 Å².